The van der Waals surface area contributed by atoms with Gasteiger partial charge in [-0.25, -0.2) is 0 Å². The molecule has 0 aliphatic carbocycles. The highest BCUT2D eigenvalue weighted by Gasteiger charge is 2.15. The first-order valence-electron chi connectivity index (χ1n) is 4.93. The predicted molar refractivity (Wildman–Crippen MR) is 58.7 cm³/mol. The Morgan fingerprint density at radius 1 is 1.29 bits per heavy atom. The summed E-state index contributed by atoms with van der Waals surface area (Å²) in [6.45, 7) is 4.55. The van der Waals surface area contributed by atoms with Crippen LogP contribution in [0.5, 0.6) is 0 Å². The molecule has 1 aromatic rings. The Labute approximate surface area is 84.7 Å². The molecule has 0 spiro atoms. The third-order valence-corrected chi connectivity index (χ3v) is 2.42. The topological polar surface area (TPSA) is 9.23 Å². The maximum Gasteiger partial charge on any atom is 0.104 e. The van der Waals surface area contributed by atoms with Crippen LogP contribution in [0.15, 0.2) is 48.7 Å². The molecule has 14 heavy (non-hydrogen) atoms. The second kappa shape index (κ2) is 4.14. The summed E-state index contributed by atoms with van der Waals surface area (Å²) < 4.78 is 5.57. The third-order valence-electron chi connectivity index (χ3n) is 2.42. The fourth-order valence-corrected chi connectivity index (χ4v) is 1.76. The molecule has 1 aliphatic rings. The molecule has 0 N–H and O–H groups in total. The molecule has 0 saturated carbocycles. The summed E-state index contributed by atoms with van der Waals surface area (Å²) in [6.07, 6.45) is 3.75. The number of benzene rings is 1. The Kier molecular flexibility index (Phi) is 2.68. The minimum absolute atomic E-state index is 0.813. The van der Waals surface area contributed by atoms with Gasteiger partial charge in [-0.15, -0.1) is 6.58 Å². The monoisotopic (exact) mass is 186 g/mol. The lowest BCUT2D eigenvalue weighted by atomic mass is 10.0. The molecular formula is C13H14O. The van der Waals surface area contributed by atoms with Crippen LogP contribution in [-0.4, -0.2) is 6.61 Å². The summed E-state index contributed by atoms with van der Waals surface area (Å²) in [5.41, 5.74) is 2.62. The van der Waals surface area contributed by atoms with E-state index in [1.807, 2.05) is 12.1 Å². The lowest BCUT2D eigenvalue weighted by Gasteiger charge is -2.03. The fourth-order valence-electron chi connectivity index (χ4n) is 1.76. The lowest BCUT2D eigenvalue weighted by molar-refractivity contribution is 0.240. The minimum atomic E-state index is 0.813. The van der Waals surface area contributed by atoms with Crippen molar-refractivity contribution in [3.63, 3.8) is 0 Å². The summed E-state index contributed by atoms with van der Waals surface area (Å²) in [6, 6.07) is 10.4. The van der Waals surface area contributed by atoms with Gasteiger partial charge in [0.05, 0.1) is 6.61 Å². The largest absolute Gasteiger partial charge is 0.497 e. The third kappa shape index (κ3) is 1.72. The van der Waals surface area contributed by atoms with Crippen molar-refractivity contribution in [2.24, 2.45) is 0 Å². The fraction of sp³-hybridized carbons (Fsp3) is 0.231. The van der Waals surface area contributed by atoms with Gasteiger partial charge in [0.25, 0.3) is 0 Å². The van der Waals surface area contributed by atoms with Crippen molar-refractivity contribution in [2.45, 2.75) is 12.8 Å². The zero-order valence-corrected chi connectivity index (χ0v) is 8.20. The van der Waals surface area contributed by atoms with E-state index in [9.17, 15) is 0 Å². The van der Waals surface area contributed by atoms with E-state index in [1.165, 1.54) is 11.1 Å². The van der Waals surface area contributed by atoms with Crippen LogP contribution in [0, 0.1) is 0 Å². The van der Waals surface area contributed by atoms with Gasteiger partial charge in [-0.05, 0) is 5.56 Å². The van der Waals surface area contributed by atoms with Gasteiger partial charge in [-0.3, -0.25) is 0 Å². The predicted octanol–water partition coefficient (Wildman–Crippen LogP) is 3.39. The van der Waals surface area contributed by atoms with Gasteiger partial charge in [0, 0.05) is 18.4 Å². The van der Waals surface area contributed by atoms with Gasteiger partial charge in [-0.2, -0.15) is 0 Å². The van der Waals surface area contributed by atoms with Crippen LogP contribution < -0.4 is 0 Å². The number of rotatable bonds is 3. The van der Waals surface area contributed by atoms with Gasteiger partial charge in [0.15, 0.2) is 0 Å². The molecule has 0 bridgehead atoms. The second-order valence-electron chi connectivity index (χ2n) is 3.36. The molecule has 0 unspecified atom stereocenters. The van der Waals surface area contributed by atoms with Crippen molar-refractivity contribution in [3.8, 4) is 0 Å². The van der Waals surface area contributed by atoms with E-state index in [2.05, 4.69) is 30.8 Å². The van der Waals surface area contributed by atoms with Crippen molar-refractivity contribution in [1.29, 1.82) is 0 Å². The van der Waals surface area contributed by atoms with Crippen LogP contribution >= 0.6 is 0 Å². The standard InChI is InChI=1S/C13H14O/c1-2-6-13-12(9-10-14-13)11-7-4-3-5-8-11/h2-5,7-8H,1,6,9-10H2. The van der Waals surface area contributed by atoms with E-state index >= 15 is 0 Å². The Morgan fingerprint density at radius 2 is 2.07 bits per heavy atom. The summed E-state index contributed by atoms with van der Waals surface area (Å²) in [5.74, 6) is 1.09. The molecule has 1 aromatic carbocycles. The molecule has 72 valence electrons. The highest BCUT2D eigenvalue weighted by molar-refractivity contribution is 5.69. The van der Waals surface area contributed by atoms with Gasteiger partial charge >= 0.3 is 0 Å². The molecule has 0 fully saturated rings. The average Bonchev–Trinajstić information content (AvgIpc) is 2.68. The number of hydrogen-bond donors (Lipinski definition) is 0. The van der Waals surface area contributed by atoms with Crippen LogP contribution in [0.4, 0.5) is 0 Å². The Hall–Kier alpha value is -1.50. The first-order chi connectivity index (χ1) is 6.92. The maximum atomic E-state index is 5.57. The molecule has 1 aliphatic heterocycles. The van der Waals surface area contributed by atoms with E-state index in [1.54, 1.807) is 0 Å². The summed E-state index contributed by atoms with van der Waals surface area (Å²) in [7, 11) is 0. The molecule has 0 atom stereocenters. The Balaban J connectivity index is 2.32. The van der Waals surface area contributed by atoms with Crippen molar-refractivity contribution >= 4 is 5.57 Å². The molecular weight excluding hydrogens is 172 g/mol. The van der Waals surface area contributed by atoms with Crippen LogP contribution in [0.1, 0.15) is 18.4 Å². The van der Waals surface area contributed by atoms with Crippen LogP contribution in [0.3, 0.4) is 0 Å². The second-order valence-corrected chi connectivity index (χ2v) is 3.36. The highest BCUT2D eigenvalue weighted by Crippen LogP contribution is 2.30. The Bertz CT molecular complexity index is 349. The van der Waals surface area contributed by atoms with Gasteiger partial charge in [0.1, 0.15) is 5.76 Å². The molecule has 2 rings (SSSR count). The zero-order valence-electron chi connectivity index (χ0n) is 8.20. The van der Waals surface area contributed by atoms with Crippen molar-refractivity contribution in [3.05, 3.63) is 54.3 Å². The van der Waals surface area contributed by atoms with Gasteiger partial charge < -0.3 is 4.74 Å². The van der Waals surface area contributed by atoms with Crippen LogP contribution in [0.25, 0.3) is 5.57 Å². The molecule has 1 nitrogen and oxygen atoms in total. The molecule has 0 aromatic heterocycles. The summed E-state index contributed by atoms with van der Waals surface area (Å²) in [5, 5.41) is 0. The smallest absolute Gasteiger partial charge is 0.104 e. The van der Waals surface area contributed by atoms with Gasteiger partial charge in [0.2, 0.25) is 0 Å². The van der Waals surface area contributed by atoms with E-state index < -0.39 is 0 Å². The van der Waals surface area contributed by atoms with E-state index in [4.69, 9.17) is 4.74 Å². The molecule has 0 radical (unpaired) electrons. The van der Waals surface area contributed by atoms with E-state index in [0.29, 0.717) is 0 Å². The quantitative estimate of drug-likeness (QED) is 0.657. The zero-order chi connectivity index (χ0) is 9.80. The first-order valence-corrected chi connectivity index (χ1v) is 4.93. The summed E-state index contributed by atoms with van der Waals surface area (Å²) in [4.78, 5) is 0. The number of hydrogen-bond acceptors (Lipinski definition) is 1. The molecule has 1 heterocycles. The minimum Gasteiger partial charge on any atom is -0.497 e. The SMILES string of the molecule is C=CCC1=C(c2ccccc2)CCO1. The lowest BCUT2D eigenvalue weighted by Crippen LogP contribution is -1.84. The van der Waals surface area contributed by atoms with Crippen LogP contribution in [-0.2, 0) is 4.74 Å². The highest BCUT2D eigenvalue weighted by atomic mass is 16.5. The summed E-state index contributed by atoms with van der Waals surface area (Å²) >= 11 is 0. The number of allylic oxidation sites excluding steroid dienone is 1. The normalized spacial score (nSPS) is 15.4. The average molecular weight is 186 g/mol. The van der Waals surface area contributed by atoms with Gasteiger partial charge in [-0.1, -0.05) is 36.4 Å². The van der Waals surface area contributed by atoms with E-state index in [0.717, 1.165) is 25.2 Å². The first kappa shape index (κ1) is 9.07. The van der Waals surface area contributed by atoms with Crippen molar-refractivity contribution in [1.82, 2.24) is 0 Å². The molecule has 1 heteroatoms. The van der Waals surface area contributed by atoms with Crippen LogP contribution in [0.2, 0.25) is 0 Å². The van der Waals surface area contributed by atoms with Crippen molar-refractivity contribution < 1.29 is 4.74 Å². The van der Waals surface area contributed by atoms with Crippen molar-refractivity contribution in [2.75, 3.05) is 6.61 Å². The Morgan fingerprint density at radius 3 is 2.79 bits per heavy atom. The molecule has 0 saturated heterocycles. The molecule has 0 amide bonds. The number of ether oxygens (including phenoxy) is 1. The maximum absolute atomic E-state index is 5.57. The van der Waals surface area contributed by atoms with E-state index in [-0.39, 0.29) is 0 Å².